The molecule has 0 aliphatic carbocycles. The van der Waals surface area contributed by atoms with E-state index in [2.05, 4.69) is 4.98 Å². The number of fused-ring (bicyclic) bond motifs is 1. The van der Waals surface area contributed by atoms with E-state index >= 15 is 0 Å². The normalized spacial score (nSPS) is 10.7. The summed E-state index contributed by atoms with van der Waals surface area (Å²) in [5, 5.41) is 10.7. The molecule has 0 bridgehead atoms. The fourth-order valence-corrected chi connectivity index (χ4v) is 2.08. The van der Waals surface area contributed by atoms with E-state index in [9.17, 15) is 14.7 Å². The Bertz CT molecular complexity index is 721. The zero-order valence-electron chi connectivity index (χ0n) is 10.4. The summed E-state index contributed by atoms with van der Waals surface area (Å²) in [7, 11) is 0. The molecule has 19 heavy (non-hydrogen) atoms. The molecule has 0 radical (unpaired) electrons. The first-order chi connectivity index (χ1) is 8.97. The second-order valence-electron chi connectivity index (χ2n) is 4.02. The lowest BCUT2D eigenvalue weighted by atomic mass is 10.1. The van der Waals surface area contributed by atoms with Gasteiger partial charge in [0.25, 0.3) is 5.56 Å². The highest BCUT2D eigenvalue weighted by Crippen LogP contribution is 2.33. The van der Waals surface area contributed by atoms with Crippen molar-refractivity contribution in [2.24, 2.45) is 0 Å². The predicted octanol–water partition coefficient (Wildman–Crippen LogP) is 2.37. The summed E-state index contributed by atoms with van der Waals surface area (Å²) in [5.41, 5.74) is -0.0392. The molecule has 2 rings (SSSR count). The highest BCUT2D eigenvalue weighted by Gasteiger charge is 2.22. The molecule has 1 aromatic carbocycles. The van der Waals surface area contributed by atoms with Gasteiger partial charge < -0.3 is 14.8 Å². The van der Waals surface area contributed by atoms with Crippen LogP contribution in [0.2, 0.25) is 5.02 Å². The Hall–Kier alpha value is -2.01. The fourth-order valence-electron chi connectivity index (χ4n) is 1.83. The average Bonchev–Trinajstić information content (AvgIpc) is 2.34. The average molecular weight is 282 g/mol. The third-order valence-corrected chi connectivity index (χ3v) is 3.25. The van der Waals surface area contributed by atoms with Crippen LogP contribution < -0.4 is 5.56 Å². The van der Waals surface area contributed by atoms with Gasteiger partial charge in [-0.1, -0.05) is 17.7 Å². The Morgan fingerprint density at radius 2 is 2.16 bits per heavy atom. The lowest BCUT2D eigenvalue weighted by Crippen LogP contribution is -2.20. The smallest absolute Gasteiger partial charge is 0.347 e. The number of ether oxygens (including phenoxy) is 1. The van der Waals surface area contributed by atoms with Gasteiger partial charge >= 0.3 is 5.97 Å². The van der Waals surface area contributed by atoms with E-state index in [-0.39, 0.29) is 17.0 Å². The van der Waals surface area contributed by atoms with Gasteiger partial charge in [0.1, 0.15) is 5.75 Å². The van der Waals surface area contributed by atoms with E-state index in [1.165, 1.54) is 0 Å². The highest BCUT2D eigenvalue weighted by atomic mass is 35.5. The topological polar surface area (TPSA) is 79.4 Å². The molecule has 0 fully saturated rings. The number of carbonyl (C=O) groups is 1. The number of esters is 1. The van der Waals surface area contributed by atoms with Crippen molar-refractivity contribution in [3.8, 4) is 5.75 Å². The predicted molar refractivity (Wildman–Crippen MR) is 71.9 cm³/mol. The number of nitrogens with one attached hydrogen (secondary N) is 1. The molecule has 0 unspecified atom stereocenters. The molecule has 0 atom stereocenters. The van der Waals surface area contributed by atoms with Crippen molar-refractivity contribution < 1.29 is 14.6 Å². The molecule has 5 nitrogen and oxygen atoms in total. The maximum atomic E-state index is 11.8. The van der Waals surface area contributed by atoms with Gasteiger partial charge in [-0.2, -0.15) is 0 Å². The second-order valence-corrected chi connectivity index (χ2v) is 4.40. The van der Waals surface area contributed by atoms with E-state index in [1.807, 2.05) is 0 Å². The van der Waals surface area contributed by atoms with Crippen LogP contribution in [0.15, 0.2) is 16.9 Å². The summed E-state index contributed by atoms with van der Waals surface area (Å²) < 4.78 is 4.75. The Morgan fingerprint density at radius 3 is 2.79 bits per heavy atom. The third-order valence-electron chi connectivity index (χ3n) is 2.76. The van der Waals surface area contributed by atoms with Crippen molar-refractivity contribution in [1.29, 1.82) is 0 Å². The number of rotatable bonds is 2. The van der Waals surface area contributed by atoms with Gasteiger partial charge in [-0.05, 0) is 25.5 Å². The van der Waals surface area contributed by atoms with Crippen molar-refractivity contribution in [1.82, 2.24) is 4.98 Å². The van der Waals surface area contributed by atoms with E-state index in [0.717, 1.165) is 5.56 Å². The van der Waals surface area contributed by atoms with E-state index in [1.54, 1.807) is 26.0 Å². The van der Waals surface area contributed by atoms with Crippen LogP contribution in [0.1, 0.15) is 22.8 Å². The van der Waals surface area contributed by atoms with E-state index in [4.69, 9.17) is 16.3 Å². The molecule has 0 saturated carbocycles. The molecular formula is C13H12ClNO4. The Balaban J connectivity index is 2.84. The quantitative estimate of drug-likeness (QED) is 0.828. The summed E-state index contributed by atoms with van der Waals surface area (Å²) in [4.78, 5) is 26.0. The first kappa shape index (κ1) is 13.4. The Morgan fingerprint density at radius 1 is 1.47 bits per heavy atom. The molecule has 0 saturated heterocycles. The van der Waals surface area contributed by atoms with E-state index in [0.29, 0.717) is 5.52 Å². The second kappa shape index (κ2) is 4.93. The summed E-state index contributed by atoms with van der Waals surface area (Å²) in [6.45, 7) is 3.48. The fraction of sp³-hybridized carbons (Fsp3) is 0.231. The first-order valence-corrected chi connectivity index (χ1v) is 6.06. The van der Waals surface area contributed by atoms with Crippen LogP contribution in [-0.2, 0) is 4.74 Å². The highest BCUT2D eigenvalue weighted by molar-refractivity contribution is 6.37. The SMILES string of the molecule is CCOC(=O)c1c(O)c2c(Cl)c(C)ccc2[nH]c1=O. The molecule has 1 heterocycles. The summed E-state index contributed by atoms with van der Waals surface area (Å²) in [6, 6.07) is 3.33. The van der Waals surface area contributed by atoms with Crippen molar-refractivity contribution in [3.63, 3.8) is 0 Å². The maximum Gasteiger partial charge on any atom is 0.347 e. The van der Waals surface area contributed by atoms with Gasteiger partial charge in [-0.15, -0.1) is 0 Å². The van der Waals surface area contributed by atoms with Crippen molar-refractivity contribution in [3.05, 3.63) is 38.6 Å². The van der Waals surface area contributed by atoms with Gasteiger partial charge in [0.2, 0.25) is 0 Å². The van der Waals surface area contributed by atoms with Crippen LogP contribution >= 0.6 is 11.6 Å². The summed E-state index contributed by atoms with van der Waals surface area (Å²) in [6.07, 6.45) is 0. The van der Waals surface area contributed by atoms with Gasteiger partial charge in [-0.25, -0.2) is 4.79 Å². The minimum absolute atomic E-state index is 0.108. The molecular weight excluding hydrogens is 270 g/mol. The number of H-pyrrole nitrogens is 1. The number of aromatic hydroxyl groups is 1. The Labute approximate surface area is 113 Å². The zero-order valence-corrected chi connectivity index (χ0v) is 11.2. The van der Waals surface area contributed by atoms with Crippen LogP contribution in [0.25, 0.3) is 10.9 Å². The zero-order chi connectivity index (χ0) is 14.2. The van der Waals surface area contributed by atoms with Crippen molar-refractivity contribution >= 4 is 28.5 Å². The molecule has 2 N–H and O–H groups in total. The standard InChI is InChI=1S/C13H12ClNO4/c1-3-19-13(18)9-11(16)8-7(15-12(9)17)5-4-6(2)10(8)14/h4-5H,3H2,1-2H3,(H2,15,16,17). The number of benzene rings is 1. The van der Waals surface area contributed by atoms with Crippen LogP contribution in [0.4, 0.5) is 0 Å². The Kier molecular flexibility index (Phi) is 3.48. The number of aromatic amines is 1. The van der Waals surface area contributed by atoms with Gasteiger partial charge in [0.15, 0.2) is 5.56 Å². The van der Waals surface area contributed by atoms with Gasteiger partial charge in [0.05, 0.1) is 22.5 Å². The van der Waals surface area contributed by atoms with Crippen LogP contribution in [-0.4, -0.2) is 22.7 Å². The molecule has 0 aliphatic rings. The van der Waals surface area contributed by atoms with Gasteiger partial charge in [0, 0.05) is 0 Å². The molecule has 1 aromatic heterocycles. The largest absolute Gasteiger partial charge is 0.506 e. The molecule has 2 aromatic rings. The molecule has 0 spiro atoms. The number of hydrogen-bond donors (Lipinski definition) is 2. The number of halogens is 1. The number of aromatic nitrogens is 1. The maximum absolute atomic E-state index is 11.8. The minimum atomic E-state index is -0.874. The summed E-state index contributed by atoms with van der Waals surface area (Å²) in [5.74, 6) is -1.33. The van der Waals surface area contributed by atoms with Crippen molar-refractivity contribution in [2.45, 2.75) is 13.8 Å². The van der Waals surface area contributed by atoms with Crippen LogP contribution in [0.3, 0.4) is 0 Å². The molecule has 0 aliphatic heterocycles. The van der Waals surface area contributed by atoms with Crippen LogP contribution in [0.5, 0.6) is 5.75 Å². The molecule has 6 heteroatoms. The minimum Gasteiger partial charge on any atom is -0.506 e. The first-order valence-electron chi connectivity index (χ1n) is 5.68. The summed E-state index contributed by atoms with van der Waals surface area (Å²) >= 11 is 6.10. The number of hydrogen-bond acceptors (Lipinski definition) is 4. The van der Waals surface area contributed by atoms with Crippen molar-refractivity contribution in [2.75, 3.05) is 6.61 Å². The number of pyridine rings is 1. The molecule has 100 valence electrons. The molecule has 0 amide bonds. The number of carbonyl (C=O) groups excluding carboxylic acids is 1. The third kappa shape index (κ3) is 2.17. The van der Waals surface area contributed by atoms with Crippen LogP contribution in [0, 0.1) is 6.92 Å². The lowest BCUT2D eigenvalue weighted by Gasteiger charge is -2.09. The lowest BCUT2D eigenvalue weighted by molar-refractivity contribution is 0.0521. The monoisotopic (exact) mass is 281 g/mol. The van der Waals surface area contributed by atoms with E-state index < -0.39 is 22.8 Å². The van der Waals surface area contributed by atoms with Gasteiger partial charge in [-0.3, -0.25) is 4.79 Å². The number of aryl methyl sites for hydroxylation is 1.